The number of halogens is 1. The Labute approximate surface area is 188 Å². The zero-order chi connectivity index (χ0) is 22.1. The van der Waals surface area contributed by atoms with Gasteiger partial charge in [0.25, 0.3) is 0 Å². The molecule has 0 bridgehead atoms. The number of nitrogens with zero attached hydrogens (tertiary/aromatic N) is 6. The fourth-order valence-electron chi connectivity index (χ4n) is 4.16. The lowest BCUT2D eigenvalue weighted by molar-refractivity contribution is 0.196. The molecule has 2 N–H and O–H groups in total. The van der Waals surface area contributed by atoms with Gasteiger partial charge in [0, 0.05) is 50.0 Å². The Bertz CT molecular complexity index is 1200. The molecule has 3 aromatic heterocycles. The lowest BCUT2D eigenvalue weighted by Gasteiger charge is -2.36. The smallest absolute Gasteiger partial charge is 0.194 e. The molecule has 0 unspecified atom stereocenters. The number of alkyl halides is 1. The average molecular weight is 454 g/mol. The Balaban J connectivity index is 1.36. The van der Waals surface area contributed by atoms with Crippen LogP contribution in [0.2, 0.25) is 0 Å². The summed E-state index contributed by atoms with van der Waals surface area (Å²) in [5.41, 5.74) is 3.60. The summed E-state index contributed by atoms with van der Waals surface area (Å²) in [4.78, 5) is 9.05. The number of anilines is 1. The molecule has 5 rings (SSSR count). The summed E-state index contributed by atoms with van der Waals surface area (Å²) in [7, 11) is 2.06. The second-order valence-electron chi connectivity index (χ2n) is 8.01. The molecule has 32 heavy (non-hydrogen) atoms. The van der Waals surface area contributed by atoms with E-state index in [1.165, 1.54) is 0 Å². The van der Waals surface area contributed by atoms with Crippen molar-refractivity contribution in [1.82, 2.24) is 30.3 Å². The van der Waals surface area contributed by atoms with Gasteiger partial charge in [0.2, 0.25) is 0 Å². The van der Waals surface area contributed by atoms with Gasteiger partial charge >= 0.3 is 0 Å². The normalized spacial score (nSPS) is 15.4. The molecule has 1 fully saturated rings. The molecule has 8 nitrogen and oxygen atoms in total. The monoisotopic (exact) mass is 453 g/mol. The second-order valence-corrected chi connectivity index (χ2v) is 9.01. The van der Waals surface area contributed by atoms with Crippen molar-refractivity contribution in [1.29, 1.82) is 0 Å². The lowest BCUT2D eigenvalue weighted by Crippen LogP contribution is -2.44. The Morgan fingerprint density at radius 3 is 2.78 bits per heavy atom. The summed E-state index contributed by atoms with van der Waals surface area (Å²) in [5, 5.41) is 26.8. The maximum absolute atomic E-state index is 12.6. The average Bonchev–Trinajstić information content (AvgIpc) is 3.49. The number of rotatable bonds is 6. The minimum atomic E-state index is -0.291. The number of likely N-dealkylation sites (tertiary alicyclic amines) is 1. The summed E-state index contributed by atoms with van der Waals surface area (Å²) >= 11 is 1.57. The summed E-state index contributed by atoms with van der Waals surface area (Å²) in [6, 6.07) is 7.76. The molecule has 10 heteroatoms. The van der Waals surface area contributed by atoms with E-state index in [9.17, 15) is 9.50 Å². The number of phenolic OH excluding ortho intramolecular Hbond substituents is 1. The Morgan fingerprint density at radius 2 is 2.06 bits per heavy atom. The third kappa shape index (κ3) is 4.03. The van der Waals surface area contributed by atoms with Crippen LogP contribution in [-0.4, -0.2) is 74.8 Å². The van der Waals surface area contributed by atoms with Crippen molar-refractivity contribution in [3.63, 3.8) is 0 Å². The van der Waals surface area contributed by atoms with Crippen LogP contribution in [0.4, 0.5) is 9.52 Å². The predicted octanol–water partition coefficient (Wildman–Crippen LogP) is 3.72. The zero-order valence-electron chi connectivity index (χ0n) is 17.7. The molecule has 1 aromatic carbocycles. The third-order valence-corrected chi connectivity index (χ3v) is 7.14. The highest BCUT2D eigenvalue weighted by atomic mass is 32.1. The van der Waals surface area contributed by atoms with Crippen LogP contribution < -0.4 is 4.90 Å². The summed E-state index contributed by atoms with van der Waals surface area (Å²) in [6.45, 7) is 2.04. The predicted molar refractivity (Wildman–Crippen MR) is 124 cm³/mol. The van der Waals surface area contributed by atoms with Gasteiger partial charge in [-0.1, -0.05) is 17.4 Å². The molecule has 0 saturated carbocycles. The van der Waals surface area contributed by atoms with Crippen LogP contribution in [0.25, 0.3) is 32.7 Å². The number of aromatic amines is 1. The first-order chi connectivity index (χ1) is 15.6. The van der Waals surface area contributed by atoms with Crippen LogP contribution >= 0.6 is 11.3 Å². The van der Waals surface area contributed by atoms with Crippen molar-refractivity contribution in [2.45, 2.75) is 18.9 Å². The second kappa shape index (κ2) is 8.79. The van der Waals surface area contributed by atoms with E-state index in [0.717, 1.165) is 46.9 Å². The van der Waals surface area contributed by atoms with Gasteiger partial charge in [-0.15, -0.1) is 10.2 Å². The molecule has 0 amide bonds. The van der Waals surface area contributed by atoms with Gasteiger partial charge in [-0.2, -0.15) is 10.1 Å². The maximum Gasteiger partial charge on any atom is 0.194 e. The summed E-state index contributed by atoms with van der Waals surface area (Å²) in [5.74, 6) is 0.138. The van der Waals surface area contributed by atoms with Gasteiger partial charge in [0.1, 0.15) is 12.4 Å². The molecule has 4 aromatic rings. The van der Waals surface area contributed by atoms with Crippen LogP contribution in [0.1, 0.15) is 12.8 Å². The molecule has 0 radical (unpaired) electrons. The van der Waals surface area contributed by atoms with Gasteiger partial charge in [0.05, 0.1) is 16.6 Å². The molecule has 1 aliphatic rings. The number of hydrogen-bond acceptors (Lipinski definition) is 8. The molecule has 1 aliphatic heterocycles. The van der Waals surface area contributed by atoms with Crippen LogP contribution in [0, 0.1) is 0 Å². The molecule has 0 atom stereocenters. The number of fused-ring (bicyclic) bond motifs is 1. The quantitative estimate of drug-likeness (QED) is 0.459. The number of aromatic nitrogens is 5. The number of benzene rings is 1. The van der Waals surface area contributed by atoms with Crippen LogP contribution in [0.3, 0.4) is 0 Å². The number of piperidine rings is 1. The molecule has 166 valence electrons. The SMILES string of the molecule is CN(c1nc2nnc(-c3ccc(-c4cn[nH]c4)cc3O)cc2s1)C1CCN(CCF)CC1. The Morgan fingerprint density at radius 1 is 1.22 bits per heavy atom. The highest BCUT2D eigenvalue weighted by Crippen LogP contribution is 2.35. The fourth-order valence-corrected chi connectivity index (χ4v) is 5.13. The minimum absolute atomic E-state index is 0.138. The topological polar surface area (TPSA) is 94.1 Å². The van der Waals surface area contributed by atoms with Crippen LogP contribution in [0.15, 0.2) is 36.7 Å². The molecule has 1 saturated heterocycles. The first-order valence-corrected chi connectivity index (χ1v) is 11.4. The molecule has 0 aliphatic carbocycles. The Kier molecular flexibility index (Phi) is 5.71. The van der Waals surface area contributed by atoms with Gasteiger partial charge in [-0.3, -0.25) is 5.10 Å². The number of aromatic hydroxyl groups is 1. The van der Waals surface area contributed by atoms with Crippen molar-refractivity contribution in [2.24, 2.45) is 0 Å². The van der Waals surface area contributed by atoms with Crippen molar-refractivity contribution in [2.75, 3.05) is 38.3 Å². The van der Waals surface area contributed by atoms with Crippen molar-refractivity contribution in [3.8, 4) is 28.1 Å². The highest BCUT2D eigenvalue weighted by molar-refractivity contribution is 7.22. The van der Waals surface area contributed by atoms with E-state index in [4.69, 9.17) is 0 Å². The Hall–Kier alpha value is -3.11. The van der Waals surface area contributed by atoms with Crippen molar-refractivity contribution >= 4 is 26.8 Å². The lowest BCUT2D eigenvalue weighted by atomic mass is 10.0. The molecular formula is C22H24FN7OS. The van der Waals surface area contributed by atoms with E-state index in [1.54, 1.807) is 29.8 Å². The number of phenols is 1. The number of thiazole rings is 1. The van der Waals surface area contributed by atoms with Gasteiger partial charge in [-0.25, -0.2) is 4.39 Å². The van der Waals surface area contributed by atoms with Crippen molar-refractivity contribution in [3.05, 3.63) is 36.7 Å². The number of H-pyrrole nitrogens is 1. The number of hydrogen-bond donors (Lipinski definition) is 2. The summed E-state index contributed by atoms with van der Waals surface area (Å²) < 4.78 is 13.5. The van der Waals surface area contributed by atoms with E-state index >= 15 is 0 Å². The fraction of sp³-hybridized carbons (Fsp3) is 0.364. The van der Waals surface area contributed by atoms with E-state index < -0.39 is 0 Å². The number of nitrogens with one attached hydrogen (secondary N) is 1. The third-order valence-electron chi connectivity index (χ3n) is 6.06. The van der Waals surface area contributed by atoms with E-state index in [2.05, 4.69) is 42.2 Å². The first-order valence-electron chi connectivity index (χ1n) is 10.6. The first kappa shape index (κ1) is 20.8. The molecule has 4 heterocycles. The minimum Gasteiger partial charge on any atom is -0.507 e. The van der Waals surface area contributed by atoms with E-state index in [0.29, 0.717) is 29.5 Å². The van der Waals surface area contributed by atoms with E-state index in [-0.39, 0.29) is 12.4 Å². The molecular weight excluding hydrogens is 429 g/mol. The summed E-state index contributed by atoms with van der Waals surface area (Å²) in [6.07, 6.45) is 5.46. The van der Waals surface area contributed by atoms with Crippen LogP contribution in [0.5, 0.6) is 5.75 Å². The zero-order valence-corrected chi connectivity index (χ0v) is 18.5. The van der Waals surface area contributed by atoms with E-state index in [1.807, 2.05) is 18.2 Å². The van der Waals surface area contributed by atoms with Gasteiger partial charge in [0.15, 0.2) is 10.8 Å². The van der Waals surface area contributed by atoms with Crippen LogP contribution in [-0.2, 0) is 0 Å². The highest BCUT2D eigenvalue weighted by Gasteiger charge is 2.24. The van der Waals surface area contributed by atoms with Gasteiger partial charge in [-0.05, 0) is 36.6 Å². The van der Waals surface area contributed by atoms with Gasteiger partial charge < -0.3 is 14.9 Å². The molecule has 0 spiro atoms. The maximum atomic E-state index is 12.6. The standard InChI is InChI=1S/C22H24FN7OS/c1-29(16-4-7-30(8-5-16)9-6-23)22-26-21-20(32-22)11-18(27-28-21)17-3-2-14(10-19(17)31)15-12-24-25-13-15/h2-3,10-13,16,31H,4-9H2,1H3,(H,24,25). The largest absolute Gasteiger partial charge is 0.507 e. The van der Waals surface area contributed by atoms with Crippen molar-refractivity contribution < 1.29 is 9.50 Å².